The Bertz CT molecular complexity index is 1060. The van der Waals surface area contributed by atoms with Crippen LogP contribution >= 0.6 is 11.3 Å². The molecular weight excluding hydrogens is 404 g/mol. The maximum Gasteiger partial charge on any atom is 0.215 e. The minimum atomic E-state index is -3.44. The standard InChI is InChI=1S/C22H26N2O3S2/c1-4-18-9-11-19(12-10-18)27-13-14-29(25,26)23-15-21-17(3)24-22(28-21)20-8-6-5-7-16(20)2/h5-12,23H,4,13-15H2,1-3H3. The van der Waals surface area contributed by atoms with Crippen molar-refractivity contribution in [3.63, 3.8) is 0 Å². The minimum absolute atomic E-state index is 0.0922. The van der Waals surface area contributed by atoms with E-state index in [0.717, 1.165) is 33.1 Å². The van der Waals surface area contributed by atoms with Crippen LogP contribution in [0.1, 0.15) is 28.6 Å². The Morgan fingerprint density at radius 1 is 1.07 bits per heavy atom. The van der Waals surface area contributed by atoms with Gasteiger partial charge >= 0.3 is 0 Å². The summed E-state index contributed by atoms with van der Waals surface area (Å²) in [5, 5.41) is 0.911. The highest BCUT2D eigenvalue weighted by molar-refractivity contribution is 7.89. The molecule has 0 aliphatic heterocycles. The van der Waals surface area contributed by atoms with Gasteiger partial charge in [0.15, 0.2) is 0 Å². The normalized spacial score (nSPS) is 11.6. The summed E-state index contributed by atoms with van der Waals surface area (Å²) in [5.74, 6) is 0.587. The molecule has 0 spiro atoms. The highest BCUT2D eigenvalue weighted by Gasteiger charge is 2.15. The maximum absolute atomic E-state index is 12.3. The summed E-state index contributed by atoms with van der Waals surface area (Å²) in [6.07, 6.45) is 0.959. The molecule has 2 aromatic carbocycles. The number of hydrogen-bond acceptors (Lipinski definition) is 5. The van der Waals surface area contributed by atoms with E-state index in [0.29, 0.717) is 5.75 Å². The fraction of sp³-hybridized carbons (Fsp3) is 0.318. The van der Waals surface area contributed by atoms with Crippen molar-refractivity contribution in [1.82, 2.24) is 9.71 Å². The van der Waals surface area contributed by atoms with Crippen LogP contribution in [-0.4, -0.2) is 25.8 Å². The minimum Gasteiger partial charge on any atom is -0.492 e. The van der Waals surface area contributed by atoms with E-state index in [1.807, 2.05) is 62.4 Å². The Hall–Kier alpha value is -2.22. The molecule has 7 heteroatoms. The Kier molecular flexibility index (Phi) is 7.05. The van der Waals surface area contributed by atoms with Crippen LogP contribution in [0.3, 0.4) is 0 Å². The molecule has 0 bridgehead atoms. The highest BCUT2D eigenvalue weighted by Crippen LogP contribution is 2.30. The van der Waals surface area contributed by atoms with E-state index < -0.39 is 10.0 Å². The molecule has 0 aliphatic rings. The van der Waals surface area contributed by atoms with Gasteiger partial charge in [-0.2, -0.15) is 0 Å². The van der Waals surface area contributed by atoms with Crippen LogP contribution in [0.5, 0.6) is 5.75 Å². The maximum atomic E-state index is 12.3. The van der Waals surface area contributed by atoms with Gasteiger partial charge in [-0.05, 0) is 43.5 Å². The third-order valence-corrected chi connectivity index (χ3v) is 7.15. The molecule has 0 fully saturated rings. The molecule has 1 aromatic heterocycles. The molecule has 29 heavy (non-hydrogen) atoms. The smallest absolute Gasteiger partial charge is 0.215 e. The lowest BCUT2D eigenvalue weighted by atomic mass is 10.1. The van der Waals surface area contributed by atoms with Crippen LogP contribution in [0.15, 0.2) is 48.5 Å². The molecule has 0 saturated heterocycles. The lowest BCUT2D eigenvalue weighted by molar-refractivity contribution is 0.340. The predicted octanol–water partition coefficient (Wildman–Crippen LogP) is 4.49. The molecule has 154 valence electrons. The SMILES string of the molecule is CCc1ccc(OCCS(=O)(=O)NCc2sc(-c3ccccc3C)nc2C)cc1. The molecule has 1 N–H and O–H groups in total. The average Bonchev–Trinajstić information content (AvgIpc) is 3.08. The first-order chi connectivity index (χ1) is 13.9. The number of aromatic nitrogens is 1. The van der Waals surface area contributed by atoms with Crippen LogP contribution in [-0.2, 0) is 23.0 Å². The second kappa shape index (κ2) is 9.52. The Morgan fingerprint density at radius 3 is 2.48 bits per heavy atom. The van der Waals surface area contributed by atoms with Gasteiger partial charge in [0, 0.05) is 17.0 Å². The fourth-order valence-electron chi connectivity index (χ4n) is 2.86. The topological polar surface area (TPSA) is 68.3 Å². The van der Waals surface area contributed by atoms with Crippen molar-refractivity contribution in [2.75, 3.05) is 12.4 Å². The molecule has 0 saturated carbocycles. The van der Waals surface area contributed by atoms with Gasteiger partial charge in [-0.3, -0.25) is 0 Å². The van der Waals surface area contributed by atoms with Gasteiger partial charge in [-0.15, -0.1) is 11.3 Å². The summed E-state index contributed by atoms with van der Waals surface area (Å²) in [5.41, 5.74) is 4.30. The molecule has 0 amide bonds. The van der Waals surface area contributed by atoms with Crippen LogP contribution in [0.25, 0.3) is 10.6 Å². The van der Waals surface area contributed by atoms with Gasteiger partial charge in [-0.25, -0.2) is 18.1 Å². The number of hydrogen-bond donors (Lipinski definition) is 1. The number of nitrogens with zero attached hydrogens (tertiary/aromatic N) is 1. The van der Waals surface area contributed by atoms with Crippen molar-refractivity contribution in [2.45, 2.75) is 33.7 Å². The van der Waals surface area contributed by atoms with Crippen LogP contribution < -0.4 is 9.46 Å². The molecule has 1 heterocycles. The summed E-state index contributed by atoms with van der Waals surface area (Å²) in [7, 11) is -3.44. The van der Waals surface area contributed by atoms with E-state index in [4.69, 9.17) is 4.74 Å². The van der Waals surface area contributed by atoms with Gasteiger partial charge in [0.1, 0.15) is 17.4 Å². The highest BCUT2D eigenvalue weighted by atomic mass is 32.2. The van der Waals surface area contributed by atoms with E-state index in [2.05, 4.69) is 16.6 Å². The zero-order valence-electron chi connectivity index (χ0n) is 16.9. The molecule has 0 atom stereocenters. The first-order valence-corrected chi connectivity index (χ1v) is 12.1. The van der Waals surface area contributed by atoms with E-state index in [9.17, 15) is 8.42 Å². The molecule has 0 aliphatic carbocycles. The monoisotopic (exact) mass is 430 g/mol. The number of nitrogens with one attached hydrogen (secondary N) is 1. The van der Waals surface area contributed by atoms with Gasteiger partial charge in [0.25, 0.3) is 0 Å². The Balaban J connectivity index is 1.55. The van der Waals surface area contributed by atoms with E-state index >= 15 is 0 Å². The second-order valence-electron chi connectivity index (χ2n) is 6.83. The molecule has 0 radical (unpaired) electrons. The number of rotatable bonds is 9. The number of sulfonamides is 1. The number of ether oxygens (including phenoxy) is 1. The van der Waals surface area contributed by atoms with Crippen LogP contribution in [0, 0.1) is 13.8 Å². The van der Waals surface area contributed by atoms with Crippen LogP contribution in [0.4, 0.5) is 0 Å². The zero-order chi connectivity index (χ0) is 20.9. The molecule has 0 unspecified atom stereocenters. The van der Waals surface area contributed by atoms with Gasteiger partial charge in [0.2, 0.25) is 10.0 Å². The first-order valence-electron chi connectivity index (χ1n) is 9.59. The van der Waals surface area contributed by atoms with Crippen molar-refractivity contribution in [3.05, 3.63) is 70.2 Å². The van der Waals surface area contributed by atoms with Crippen molar-refractivity contribution in [1.29, 1.82) is 0 Å². The summed E-state index contributed by atoms with van der Waals surface area (Å²) < 4.78 is 32.9. The van der Waals surface area contributed by atoms with Crippen LogP contribution in [0.2, 0.25) is 0 Å². The third kappa shape index (κ3) is 5.88. The van der Waals surface area contributed by atoms with Gasteiger partial charge in [-0.1, -0.05) is 43.3 Å². The lowest BCUT2D eigenvalue weighted by Crippen LogP contribution is -2.28. The lowest BCUT2D eigenvalue weighted by Gasteiger charge is -2.08. The van der Waals surface area contributed by atoms with Crippen molar-refractivity contribution in [3.8, 4) is 16.3 Å². The quantitative estimate of drug-likeness (QED) is 0.543. The van der Waals surface area contributed by atoms with Gasteiger partial charge < -0.3 is 4.74 Å². The van der Waals surface area contributed by atoms with Crippen molar-refractivity contribution < 1.29 is 13.2 Å². The number of aryl methyl sites for hydroxylation is 3. The number of thiazole rings is 1. The summed E-state index contributed by atoms with van der Waals surface area (Å²) in [4.78, 5) is 5.54. The average molecular weight is 431 g/mol. The van der Waals surface area contributed by atoms with Gasteiger partial charge in [0.05, 0.1) is 11.4 Å². The number of benzene rings is 2. The van der Waals surface area contributed by atoms with E-state index in [1.54, 1.807) is 0 Å². The predicted molar refractivity (Wildman–Crippen MR) is 119 cm³/mol. The van der Waals surface area contributed by atoms with Crippen molar-refractivity contribution >= 4 is 21.4 Å². The molecule has 3 aromatic rings. The van der Waals surface area contributed by atoms with Crippen molar-refractivity contribution in [2.24, 2.45) is 0 Å². The molecule has 5 nitrogen and oxygen atoms in total. The van der Waals surface area contributed by atoms with E-state index in [-0.39, 0.29) is 18.9 Å². The summed E-state index contributed by atoms with van der Waals surface area (Å²) in [6.45, 7) is 6.39. The summed E-state index contributed by atoms with van der Waals surface area (Å²) in [6, 6.07) is 15.8. The first kappa shape index (κ1) is 21.5. The Labute approximate surface area is 176 Å². The zero-order valence-corrected chi connectivity index (χ0v) is 18.6. The van der Waals surface area contributed by atoms with E-state index in [1.165, 1.54) is 16.9 Å². The fourth-order valence-corrected chi connectivity index (χ4v) is 4.85. The largest absolute Gasteiger partial charge is 0.492 e. The molecular formula is C22H26N2O3S2. The second-order valence-corrected chi connectivity index (χ2v) is 9.84. The summed E-state index contributed by atoms with van der Waals surface area (Å²) >= 11 is 1.52. The molecule has 3 rings (SSSR count). The Morgan fingerprint density at radius 2 is 1.79 bits per heavy atom. The third-order valence-electron chi connectivity index (χ3n) is 4.67.